The second-order valence-electron chi connectivity index (χ2n) is 8.63. The average molecular weight is 549 g/mol. The van der Waals surface area contributed by atoms with Crippen molar-refractivity contribution >= 4 is 66.8 Å². The molecule has 0 radical (unpaired) electrons. The molecule has 0 amide bonds. The molecule has 1 aliphatic rings. The van der Waals surface area contributed by atoms with Gasteiger partial charge in [-0.15, -0.1) is 0 Å². The first kappa shape index (κ1) is 26.2. The van der Waals surface area contributed by atoms with Gasteiger partial charge in [0.15, 0.2) is 6.54 Å². The Kier molecular flexibility index (Phi) is 7.98. The van der Waals surface area contributed by atoms with Crippen LogP contribution in [-0.2, 0) is 16.7 Å². The van der Waals surface area contributed by atoms with E-state index in [-0.39, 0.29) is 12.2 Å². The van der Waals surface area contributed by atoms with Crippen LogP contribution in [0.5, 0.6) is 0 Å². The third-order valence-corrected chi connectivity index (χ3v) is 9.39. The van der Waals surface area contributed by atoms with E-state index >= 15 is 0 Å². The summed E-state index contributed by atoms with van der Waals surface area (Å²) in [5, 5.41) is 2.94. The van der Waals surface area contributed by atoms with Crippen molar-refractivity contribution in [1.82, 2.24) is 0 Å². The second kappa shape index (κ2) is 10.6. The molecule has 2 aromatic carbocycles. The summed E-state index contributed by atoms with van der Waals surface area (Å²) in [6.45, 7) is 9.77. The molecular weight excluding hydrogens is 520 g/mol. The van der Waals surface area contributed by atoms with Gasteiger partial charge in [-0.05, 0) is 74.2 Å². The van der Waals surface area contributed by atoms with Crippen LogP contribution in [0.4, 0.5) is 5.69 Å². The van der Waals surface area contributed by atoms with Gasteiger partial charge in [-0.1, -0.05) is 41.6 Å². The van der Waals surface area contributed by atoms with Crippen LogP contribution < -0.4 is 9.47 Å². The first-order chi connectivity index (χ1) is 16.6. The molecule has 0 spiro atoms. The molecular formula is C26H29ClN2O3S3. The van der Waals surface area contributed by atoms with Crippen molar-refractivity contribution in [2.45, 2.75) is 52.0 Å². The van der Waals surface area contributed by atoms with E-state index in [0.717, 1.165) is 43.9 Å². The number of hydrogen-bond acceptors (Lipinski definition) is 6. The molecule has 0 unspecified atom stereocenters. The Morgan fingerprint density at radius 2 is 1.91 bits per heavy atom. The van der Waals surface area contributed by atoms with Gasteiger partial charge in [-0.25, -0.2) is 8.42 Å². The molecule has 0 fully saturated rings. The molecule has 9 heteroatoms. The van der Waals surface area contributed by atoms with Crippen molar-refractivity contribution in [2.75, 3.05) is 17.2 Å². The molecule has 5 nitrogen and oxygen atoms in total. The average Bonchev–Trinajstić information content (AvgIpc) is 3.29. The van der Waals surface area contributed by atoms with Gasteiger partial charge >= 0.3 is 0 Å². The van der Waals surface area contributed by atoms with Crippen LogP contribution in [0.3, 0.4) is 0 Å². The van der Waals surface area contributed by atoms with E-state index in [4.69, 9.17) is 11.6 Å². The molecule has 2 heterocycles. The SMILES string of the molecule is CCC(=C/c1sc2cc(C)c(C)cc2[n+]1CCCS(=O)(=O)[O-])/C=C1\Sc2ccc(Cl)cc2N1CC. The summed E-state index contributed by atoms with van der Waals surface area (Å²) in [6.07, 6.45) is 5.56. The lowest BCUT2D eigenvalue weighted by molar-refractivity contribution is -0.668. The maximum absolute atomic E-state index is 11.2. The minimum Gasteiger partial charge on any atom is -0.748 e. The molecule has 186 valence electrons. The Morgan fingerprint density at radius 1 is 1.17 bits per heavy atom. The molecule has 0 saturated carbocycles. The van der Waals surface area contributed by atoms with E-state index in [1.165, 1.54) is 21.6 Å². The number of nitrogens with zero attached hydrogens (tertiary/aromatic N) is 2. The highest BCUT2D eigenvalue weighted by molar-refractivity contribution is 8.03. The summed E-state index contributed by atoms with van der Waals surface area (Å²) in [5.41, 5.74) is 5.79. The molecule has 0 saturated heterocycles. The largest absolute Gasteiger partial charge is 0.748 e. The second-order valence-corrected chi connectivity index (χ2v) is 12.7. The van der Waals surface area contributed by atoms with Gasteiger partial charge in [0.1, 0.15) is 4.70 Å². The predicted octanol–water partition coefficient (Wildman–Crippen LogP) is 6.66. The number of allylic oxidation sites excluding steroid dienone is 2. The van der Waals surface area contributed by atoms with Crippen molar-refractivity contribution in [1.29, 1.82) is 0 Å². The number of rotatable bonds is 8. The zero-order valence-corrected chi connectivity index (χ0v) is 23.5. The summed E-state index contributed by atoms with van der Waals surface area (Å²) >= 11 is 9.69. The summed E-state index contributed by atoms with van der Waals surface area (Å²) in [5.74, 6) is -0.362. The van der Waals surface area contributed by atoms with Crippen LogP contribution in [0.1, 0.15) is 42.8 Å². The number of aromatic nitrogens is 1. The first-order valence-electron chi connectivity index (χ1n) is 11.6. The summed E-state index contributed by atoms with van der Waals surface area (Å²) < 4.78 is 36.9. The van der Waals surface area contributed by atoms with E-state index in [9.17, 15) is 13.0 Å². The van der Waals surface area contributed by atoms with Crippen molar-refractivity contribution in [3.05, 3.63) is 68.2 Å². The van der Waals surface area contributed by atoms with Gasteiger partial charge in [-0.3, -0.25) is 0 Å². The number of hydrogen-bond donors (Lipinski definition) is 0. The standard InChI is InChI=1S/C26H29ClN2O3S3/c1-5-19(14-25-28(6-2)22-16-20(27)8-9-23(22)33-25)15-26-29(10-7-11-35(30,31)32)21-12-17(3)18(4)13-24(21)34-26/h8-9,12-16H,5-7,10-11H2,1-4H3. The van der Waals surface area contributed by atoms with Gasteiger partial charge < -0.3 is 9.45 Å². The maximum Gasteiger partial charge on any atom is 0.263 e. The Morgan fingerprint density at radius 3 is 2.60 bits per heavy atom. The molecule has 0 atom stereocenters. The Balaban J connectivity index is 1.75. The number of thioether (sulfide) groups is 1. The third kappa shape index (κ3) is 5.94. The van der Waals surface area contributed by atoms with Crippen LogP contribution in [-0.4, -0.2) is 25.3 Å². The Bertz CT molecular complexity index is 1440. The first-order valence-corrected chi connectivity index (χ1v) is 15.2. The van der Waals surface area contributed by atoms with Gasteiger partial charge in [0.2, 0.25) is 5.52 Å². The van der Waals surface area contributed by atoms with E-state index in [1.807, 2.05) is 12.1 Å². The number of fused-ring (bicyclic) bond motifs is 2. The number of benzene rings is 2. The topological polar surface area (TPSA) is 64.3 Å². The van der Waals surface area contributed by atoms with Crippen molar-refractivity contribution in [3.63, 3.8) is 0 Å². The van der Waals surface area contributed by atoms with Crippen LogP contribution >= 0.6 is 34.7 Å². The molecule has 0 bridgehead atoms. The third-order valence-electron chi connectivity index (χ3n) is 6.16. The van der Waals surface area contributed by atoms with E-state index < -0.39 is 10.1 Å². The van der Waals surface area contributed by atoms with Crippen LogP contribution in [0.2, 0.25) is 5.02 Å². The van der Waals surface area contributed by atoms with Crippen molar-refractivity contribution in [2.24, 2.45) is 0 Å². The van der Waals surface area contributed by atoms with Gasteiger partial charge in [-0.2, -0.15) is 4.57 Å². The number of halogens is 1. The normalized spacial score (nSPS) is 15.4. The van der Waals surface area contributed by atoms with Gasteiger partial charge in [0, 0.05) is 40.8 Å². The number of aryl methyl sites for hydroxylation is 3. The minimum atomic E-state index is -4.24. The lowest BCUT2D eigenvalue weighted by atomic mass is 10.1. The Hall–Kier alpha value is -1.84. The fraction of sp³-hybridized carbons (Fsp3) is 0.346. The highest BCUT2D eigenvalue weighted by Crippen LogP contribution is 2.47. The zero-order valence-electron chi connectivity index (χ0n) is 20.3. The van der Waals surface area contributed by atoms with E-state index in [0.29, 0.717) is 6.54 Å². The van der Waals surface area contributed by atoms with Gasteiger partial charge in [0.05, 0.1) is 20.8 Å². The molecule has 1 aliphatic heterocycles. The molecule has 0 N–H and O–H groups in total. The highest BCUT2D eigenvalue weighted by Gasteiger charge is 2.25. The van der Waals surface area contributed by atoms with Crippen LogP contribution in [0.25, 0.3) is 16.3 Å². The van der Waals surface area contributed by atoms with Gasteiger partial charge in [0.25, 0.3) is 5.01 Å². The molecule has 3 aromatic rings. The highest BCUT2D eigenvalue weighted by atomic mass is 35.5. The molecule has 35 heavy (non-hydrogen) atoms. The molecule has 4 rings (SSSR count). The zero-order chi connectivity index (χ0) is 25.3. The lowest BCUT2D eigenvalue weighted by Crippen LogP contribution is -2.36. The van der Waals surface area contributed by atoms with Crippen molar-refractivity contribution in [3.8, 4) is 0 Å². The summed E-state index contributed by atoms with van der Waals surface area (Å²) in [4.78, 5) is 3.47. The maximum atomic E-state index is 11.2. The fourth-order valence-corrected chi connectivity index (χ4v) is 7.24. The monoisotopic (exact) mass is 548 g/mol. The summed E-state index contributed by atoms with van der Waals surface area (Å²) in [6, 6.07) is 10.3. The number of anilines is 1. The smallest absolute Gasteiger partial charge is 0.263 e. The quantitative estimate of drug-likeness (QED) is 0.232. The Labute approximate surface area is 220 Å². The fourth-order valence-electron chi connectivity index (χ4n) is 4.16. The molecule has 0 aliphatic carbocycles. The lowest BCUT2D eigenvalue weighted by Gasteiger charge is -2.18. The van der Waals surface area contributed by atoms with Crippen molar-refractivity contribution < 1.29 is 17.5 Å². The number of thiazole rings is 1. The minimum absolute atomic E-state index is 0.286. The summed E-state index contributed by atoms with van der Waals surface area (Å²) in [7, 11) is -4.24. The molecule has 1 aromatic heterocycles. The van der Waals surface area contributed by atoms with Crippen LogP contribution in [0.15, 0.2) is 51.9 Å². The van der Waals surface area contributed by atoms with Crippen LogP contribution in [0, 0.1) is 13.8 Å². The predicted molar refractivity (Wildman–Crippen MR) is 147 cm³/mol. The van der Waals surface area contributed by atoms with E-state index in [2.05, 4.69) is 67.5 Å². The van der Waals surface area contributed by atoms with E-state index in [1.54, 1.807) is 23.1 Å².